The molecular formula is C10H8Cl2F3NO4S. The number of carbonyl (C=O) groups is 1. The Morgan fingerprint density at radius 1 is 1.33 bits per heavy atom. The molecule has 1 rings (SSSR count). The third-order valence-corrected chi connectivity index (χ3v) is 4.08. The fraction of sp³-hybridized carbons (Fsp3) is 0.300. The molecule has 0 heterocycles. The number of carbonyl (C=O) groups excluding carboxylic acids is 1. The maximum Gasteiger partial charge on any atom is 0.573 e. The molecular weight excluding hydrogens is 358 g/mol. The Bertz CT molecular complexity index is 676. The zero-order valence-corrected chi connectivity index (χ0v) is 12.9. The molecule has 118 valence electrons. The van der Waals surface area contributed by atoms with Crippen molar-refractivity contribution in [3.05, 3.63) is 22.7 Å². The Labute approximate surface area is 128 Å². The number of halogens is 5. The highest BCUT2D eigenvalue weighted by molar-refractivity contribution is 7.92. The van der Waals surface area contributed by atoms with E-state index in [0.29, 0.717) is 4.31 Å². The number of alkyl halides is 3. The average molecular weight is 366 g/mol. The molecule has 0 unspecified atom stereocenters. The predicted octanol–water partition coefficient (Wildman–Crippen LogP) is 3.01. The van der Waals surface area contributed by atoms with Gasteiger partial charge < -0.3 is 4.74 Å². The molecule has 0 spiro atoms. The van der Waals surface area contributed by atoms with Gasteiger partial charge in [0, 0.05) is 7.05 Å². The van der Waals surface area contributed by atoms with Crippen LogP contribution in [-0.2, 0) is 10.0 Å². The van der Waals surface area contributed by atoms with E-state index in [1.807, 2.05) is 0 Å². The summed E-state index contributed by atoms with van der Waals surface area (Å²) in [6, 6.07) is 1.66. The third kappa shape index (κ3) is 4.39. The summed E-state index contributed by atoms with van der Waals surface area (Å²) in [5.74, 6) is -0.851. The van der Waals surface area contributed by atoms with Gasteiger partial charge in [-0.3, -0.25) is 9.10 Å². The van der Waals surface area contributed by atoms with Crippen molar-refractivity contribution in [3.63, 3.8) is 0 Å². The van der Waals surface area contributed by atoms with Crippen LogP contribution in [0.2, 0.25) is 5.02 Å². The summed E-state index contributed by atoms with van der Waals surface area (Å²) in [4.78, 5) is 11.3. The summed E-state index contributed by atoms with van der Waals surface area (Å²) in [5, 5.41) is -1.78. The average Bonchev–Trinajstić information content (AvgIpc) is 2.27. The molecule has 1 aromatic carbocycles. The van der Waals surface area contributed by atoms with Gasteiger partial charge in [-0.1, -0.05) is 11.6 Å². The van der Waals surface area contributed by atoms with Crippen LogP contribution in [0.5, 0.6) is 5.75 Å². The fourth-order valence-electron chi connectivity index (χ4n) is 1.38. The van der Waals surface area contributed by atoms with Gasteiger partial charge in [-0.15, -0.1) is 13.2 Å². The van der Waals surface area contributed by atoms with Gasteiger partial charge >= 0.3 is 6.36 Å². The molecule has 0 aliphatic rings. The molecule has 0 aliphatic heterocycles. The van der Waals surface area contributed by atoms with E-state index in [0.717, 1.165) is 25.4 Å². The standard InChI is InChI=1S/C10H8Cl2F3NO4S/c1-16(21(2,18)19)8-5(9(12)17)3-4-6(7(8)11)20-10(13,14)15/h3-4H,1-2H3. The first-order chi connectivity index (χ1) is 9.34. The first-order valence-electron chi connectivity index (χ1n) is 5.06. The van der Waals surface area contributed by atoms with Gasteiger partial charge in [-0.25, -0.2) is 8.42 Å². The summed E-state index contributed by atoms with van der Waals surface area (Å²) in [6.45, 7) is 0. The van der Waals surface area contributed by atoms with Crippen molar-refractivity contribution in [2.45, 2.75) is 6.36 Å². The fourth-order valence-corrected chi connectivity index (χ4v) is 2.44. The van der Waals surface area contributed by atoms with Crippen LogP contribution in [0.3, 0.4) is 0 Å². The third-order valence-electron chi connectivity index (χ3n) is 2.33. The second kappa shape index (κ2) is 5.90. The molecule has 0 amide bonds. The van der Waals surface area contributed by atoms with Crippen molar-refractivity contribution in [2.24, 2.45) is 0 Å². The number of sulfonamides is 1. The topological polar surface area (TPSA) is 63.7 Å². The highest BCUT2D eigenvalue weighted by Gasteiger charge is 2.34. The lowest BCUT2D eigenvalue weighted by molar-refractivity contribution is -0.274. The van der Waals surface area contributed by atoms with Crippen LogP contribution < -0.4 is 9.04 Å². The number of rotatable bonds is 4. The lowest BCUT2D eigenvalue weighted by atomic mass is 10.2. The maximum atomic E-state index is 12.2. The van der Waals surface area contributed by atoms with E-state index < -0.39 is 38.1 Å². The highest BCUT2D eigenvalue weighted by Crippen LogP contribution is 2.40. The molecule has 0 saturated heterocycles. The molecule has 0 atom stereocenters. The van der Waals surface area contributed by atoms with Crippen molar-refractivity contribution in [2.75, 3.05) is 17.6 Å². The van der Waals surface area contributed by atoms with Crippen LogP contribution in [0, 0.1) is 0 Å². The number of hydrogen-bond donors (Lipinski definition) is 0. The quantitative estimate of drug-likeness (QED) is 0.769. The van der Waals surface area contributed by atoms with E-state index in [9.17, 15) is 26.4 Å². The molecule has 1 aromatic rings. The Morgan fingerprint density at radius 3 is 2.24 bits per heavy atom. The van der Waals surface area contributed by atoms with Gasteiger partial charge in [0.1, 0.15) is 10.8 Å². The number of nitrogens with zero attached hydrogens (tertiary/aromatic N) is 1. The van der Waals surface area contributed by atoms with E-state index in [1.54, 1.807) is 0 Å². The van der Waals surface area contributed by atoms with Crippen LogP contribution in [0.25, 0.3) is 0 Å². The lowest BCUT2D eigenvalue weighted by Crippen LogP contribution is -2.27. The Hall–Kier alpha value is -1.19. The van der Waals surface area contributed by atoms with Gasteiger partial charge in [0.05, 0.1) is 17.5 Å². The number of benzene rings is 1. The van der Waals surface area contributed by atoms with Crippen molar-refractivity contribution >= 4 is 44.2 Å². The Balaban J connectivity index is 3.57. The molecule has 21 heavy (non-hydrogen) atoms. The first kappa shape index (κ1) is 17.9. The van der Waals surface area contributed by atoms with Crippen LogP contribution in [0.1, 0.15) is 10.4 Å². The normalized spacial score (nSPS) is 12.1. The van der Waals surface area contributed by atoms with Gasteiger partial charge in [0.25, 0.3) is 5.24 Å². The summed E-state index contributed by atoms with van der Waals surface area (Å²) < 4.78 is 63.9. The van der Waals surface area contributed by atoms with Gasteiger partial charge in [0.2, 0.25) is 10.0 Å². The van der Waals surface area contributed by atoms with Gasteiger partial charge in [0.15, 0.2) is 0 Å². The van der Waals surface area contributed by atoms with Crippen molar-refractivity contribution in [1.29, 1.82) is 0 Å². The molecule has 0 radical (unpaired) electrons. The van der Waals surface area contributed by atoms with E-state index >= 15 is 0 Å². The summed E-state index contributed by atoms with van der Waals surface area (Å²) in [5.41, 5.74) is -0.870. The molecule has 5 nitrogen and oxygen atoms in total. The van der Waals surface area contributed by atoms with Crippen LogP contribution >= 0.6 is 23.2 Å². The van der Waals surface area contributed by atoms with Crippen LogP contribution in [-0.4, -0.2) is 33.3 Å². The molecule has 0 aromatic heterocycles. The largest absolute Gasteiger partial charge is 0.573 e. The highest BCUT2D eigenvalue weighted by atomic mass is 35.5. The minimum absolute atomic E-state index is 0.371. The molecule has 0 N–H and O–H groups in total. The summed E-state index contributed by atoms with van der Waals surface area (Å²) in [6.07, 6.45) is -4.25. The van der Waals surface area contributed by atoms with Crippen molar-refractivity contribution in [3.8, 4) is 5.75 Å². The van der Waals surface area contributed by atoms with E-state index in [-0.39, 0.29) is 5.56 Å². The zero-order chi connectivity index (χ0) is 16.6. The predicted molar refractivity (Wildman–Crippen MR) is 71.6 cm³/mol. The minimum atomic E-state index is -5.03. The second-order valence-corrected chi connectivity index (χ2v) is 6.56. The summed E-state index contributed by atoms with van der Waals surface area (Å²) >= 11 is 11.0. The molecule has 0 fully saturated rings. The van der Waals surface area contributed by atoms with E-state index in [2.05, 4.69) is 4.74 Å². The zero-order valence-electron chi connectivity index (χ0n) is 10.5. The minimum Gasteiger partial charge on any atom is -0.404 e. The number of ether oxygens (including phenoxy) is 1. The van der Waals surface area contributed by atoms with E-state index in [1.165, 1.54) is 0 Å². The molecule has 11 heteroatoms. The Kier molecular flexibility index (Phi) is 5.01. The van der Waals surface area contributed by atoms with Gasteiger partial charge in [-0.05, 0) is 23.7 Å². The molecule has 0 aliphatic carbocycles. The number of anilines is 1. The SMILES string of the molecule is CN(c1c(C(=O)Cl)ccc(OC(F)(F)F)c1Cl)S(C)(=O)=O. The number of hydrogen-bond acceptors (Lipinski definition) is 4. The van der Waals surface area contributed by atoms with Crippen LogP contribution in [0.15, 0.2) is 12.1 Å². The van der Waals surface area contributed by atoms with Gasteiger partial charge in [-0.2, -0.15) is 0 Å². The monoisotopic (exact) mass is 365 g/mol. The smallest absolute Gasteiger partial charge is 0.404 e. The lowest BCUT2D eigenvalue weighted by Gasteiger charge is -2.22. The molecule has 0 bridgehead atoms. The van der Waals surface area contributed by atoms with E-state index in [4.69, 9.17) is 23.2 Å². The maximum absolute atomic E-state index is 12.2. The second-order valence-electron chi connectivity index (χ2n) is 3.83. The Morgan fingerprint density at radius 2 is 1.86 bits per heavy atom. The molecule has 0 saturated carbocycles. The van der Waals surface area contributed by atoms with Crippen molar-refractivity contribution < 1.29 is 31.1 Å². The summed E-state index contributed by atoms with van der Waals surface area (Å²) in [7, 11) is -2.88. The first-order valence-corrected chi connectivity index (χ1v) is 7.67. The van der Waals surface area contributed by atoms with Crippen LogP contribution in [0.4, 0.5) is 18.9 Å². The van der Waals surface area contributed by atoms with Crippen molar-refractivity contribution in [1.82, 2.24) is 0 Å².